The van der Waals surface area contributed by atoms with E-state index in [1.807, 2.05) is 36.1 Å². The van der Waals surface area contributed by atoms with Crippen molar-refractivity contribution >= 4 is 5.91 Å². The minimum Gasteiger partial charge on any atom is -0.379 e. The van der Waals surface area contributed by atoms with Crippen molar-refractivity contribution in [3.8, 4) is 0 Å². The lowest BCUT2D eigenvalue weighted by Crippen LogP contribution is -2.45. The third-order valence-electron chi connectivity index (χ3n) is 4.39. The van der Waals surface area contributed by atoms with Gasteiger partial charge in [0.2, 0.25) is 0 Å². The Morgan fingerprint density at radius 1 is 1.20 bits per heavy atom. The molecule has 4 heteroatoms. The third kappa shape index (κ3) is 2.72. The molecule has 2 aliphatic rings. The molecule has 1 atom stereocenters. The van der Waals surface area contributed by atoms with Crippen molar-refractivity contribution in [2.75, 3.05) is 39.4 Å². The van der Waals surface area contributed by atoms with Gasteiger partial charge >= 0.3 is 0 Å². The van der Waals surface area contributed by atoms with Crippen molar-refractivity contribution in [1.82, 2.24) is 9.80 Å². The van der Waals surface area contributed by atoms with E-state index in [1.165, 1.54) is 0 Å². The summed E-state index contributed by atoms with van der Waals surface area (Å²) < 4.78 is 5.40. The van der Waals surface area contributed by atoms with Gasteiger partial charge in [-0.25, -0.2) is 0 Å². The number of hydrogen-bond donors (Lipinski definition) is 0. The number of rotatable bonds is 2. The number of benzene rings is 1. The summed E-state index contributed by atoms with van der Waals surface area (Å²) >= 11 is 0. The number of aryl methyl sites for hydroxylation is 1. The van der Waals surface area contributed by atoms with Crippen LogP contribution in [0.25, 0.3) is 0 Å². The van der Waals surface area contributed by atoms with Crippen LogP contribution in [0, 0.1) is 6.92 Å². The lowest BCUT2D eigenvalue weighted by molar-refractivity contribution is 0.0185. The average Bonchev–Trinajstić information content (AvgIpc) is 2.98. The van der Waals surface area contributed by atoms with Gasteiger partial charge in [0.15, 0.2) is 0 Å². The summed E-state index contributed by atoms with van der Waals surface area (Å²) in [5, 5.41) is 0. The fourth-order valence-corrected chi connectivity index (χ4v) is 3.15. The third-order valence-corrected chi connectivity index (χ3v) is 4.39. The van der Waals surface area contributed by atoms with Gasteiger partial charge in [0, 0.05) is 37.8 Å². The molecule has 2 fully saturated rings. The summed E-state index contributed by atoms with van der Waals surface area (Å²) in [7, 11) is 0. The molecular weight excluding hydrogens is 252 g/mol. The molecule has 0 N–H and O–H groups in total. The monoisotopic (exact) mass is 274 g/mol. The largest absolute Gasteiger partial charge is 0.379 e. The summed E-state index contributed by atoms with van der Waals surface area (Å²) in [6, 6.07) is 8.36. The molecule has 20 heavy (non-hydrogen) atoms. The predicted octanol–water partition coefficient (Wildman–Crippen LogP) is 1.54. The van der Waals surface area contributed by atoms with Crippen LogP contribution in [0.4, 0.5) is 0 Å². The van der Waals surface area contributed by atoms with Gasteiger partial charge in [-0.3, -0.25) is 9.69 Å². The van der Waals surface area contributed by atoms with Gasteiger partial charge in [0.05, 0.1) is 13.2 Å². The number of morpholine rings is 1. The molecule has 0 aromatic heterocycles. The number of carbonyl (C=O) groups is 1. The zero-order chi connectivity index (χ0) is 13.9. The second-order valence-corrected chi connectivity index (χ2v) is 5.66. The normalized spacial score (nSPS) is 24.1. The molecule has 1 amide bonds. The van der Waals surface area contributed by atoms with Gasteiger partial charge in [0.1, 0.15) is 0 Å². The number of ether oxygens (including phenoxy) is 1. The van der Waals surface area contributed by atoms with E-state index in [0.717, 1.165) is 56.9 Å². The highest BCUT2D eigenvalue weighted by atomic mass is 16.5. The zero-order valence-corrected chi connectivity index (χ0v) is 12.0. The molecule has 0 spiro atoms. The molecule has 4 nitrogen and oxygen atoms in total. The zero-order valence-electron chi connectivity index (χ0n) is 12.0. The van der Waals surface area contributed by atoms with Gasteiger partial charge < -0.3 is 9.64 Å². The molecule has 2 aliphatic heterocycles. The highest BCUT2D eigenvalue weighted by Gasteiger charge is 2.31. The van der Waals surface area contributed by atoms with E-state index >= 15 is 0 Å². The molecule has 0 aliphatic carbocycles. The van der Waals surface area contributed by atoms with Crippen LogP contribution in [0.15, 0.2) is 24.3 Å². The molecule has 1 aromatic carbocycles. The quantitative estimate of drug-likeness (QED) is 0.820. The Morgan fingerprint density at radius 3 is 2.70 bits per heavy atom. The molecule has 0 saturated carbocycles. The van der Waals surface area contributed by atoms with E-state index in [2.05, 4.69) is 4.90 Å². The van der Waals surface area contributed by atoms with Gasteiger partial charge in [0.25, 0.3) is 5.91 Å². The van der Waals surface area contributed by atoms with Crippen molar-refractivity contribution < 1.29 is 9.53 Å². The molecule has 1 aromatic rings. The van der Waals surface area contributed by atoms with Crippen molar-refractivity contribution in [1.29, 1.82) is 0 Å². The van der Waals surface area contributed by atoms with Crippen LogP contribution in [0.1, 0.15) is 22.3 Å². The Labute approximate surface area is 120 Å². The van der Waals surface area contributed by atoms with Gasteiger partial charge in [-0.05, 0) is 25.0 Å². The van der Waals surface area contributed by atoms with Crippen LogP contribution >= 0.6 is 0 Å². The first kappa shape index (κ1) is 13.6. The van der Waals surface area contributed by atoms with Crippen molar-refractivity contribution in [2.45, 2.75) is 19.4 Å². The van der Waals surface area contributed by atoms with Crippen molar-refractivity contribution in [2.24, 2.45) is 0 Å². The van der Waals surface area contributed by atoms with Gasteiger partial charge in [-0.2, -0.15) is 0 Å². The van der Waals surface area contributed by atoms with Crippen LogP contribution in [0.2, 0.25) is 0 Å². The van der Waals surface area contributed by atoms with E-state index in [1.54, 1.807) is 0 Å². The highest BCUT2D eigenvalue weighted by Crippen LogP contribution is 2.20. The summed E-state index contributed by atoms with van der Waals surface area (Å²) in [5.74, 6) is 0.179. The molecule has 3 rings (SSSR count). The Kier molecular flexibility index (Phi) is 4.03. The Bertz CT molecular complexity index is 483. The second kappa shape index (κ2) is 5.94. The molecule has 108 valence electrons. The highest BCUT2D eigenvalue weighted by molar-refractivity contribution is 5.95. The molecular formula is C16H22N2O2. The average molecular weight is 274 g/mol. The minimum atomic E-state index is 0.179. The fourth-order valence-electron chi connectivity index (χ4n) is 3.15. The van der Waals surface area contributed by atoms with Gasteiger partial charge in [-0.1, -0.05) is 18.2 Å². The van der Waals surface area contributed by atoms with Gasteiger partial charge in [-0.15, -0.1) is 0 Å². The maximum absolute atomic E-state index is 12.6. The maximum atomic E-state index is 12.6. The SMILES string of the molecule is Cc1ccccc1C(=O)N1CCC(N2CCOCC2)C1. The van der Waals surface area contributed by atoms with Crippen LogP contribution in [-0.2, 0) is 4.74 Å². The number of likely N-dealkylation sites (tertiary alicyclic amines) is 1. The lowest BCUT2D eigenvalue weighted by atomic mass is 10.1. The fraction of sp³-hybridized carbons (Fsp3) is 0.562. The number of hydrogen-bond acceptors (Lipinski definition) is 3. The number of carbonyl (C=O) groups excluding carboxylic acids is 1. The Balaban J connectivity index is 1.65. The molecule has 0 radical (unpaired) electrons. The predicted molar refractivity (Wildman–Crippen MR) is 77.9 cm³/mol. The summed E-state index contributed by atoms with van der Waals surface area (Å²) in [5.41, 5.74) is 1.91. The van der Waals surface area contributed by atoms with Crippen LogP contribution in [-0.4, -0.2) is 61.1 Å². The molecule has 0 bridgehead atoms. The lowest BCUT2D eigenvalue weighted by Gasteiger charge is -2.32. The van der Waals surface area contributed by atoms with E-state index in [0.29, 0.717) is 6.04 Å². The first-order valence-electron chi connectivity index (χ1n) is 7.42. The summed E-state index contributed by atoms with van der Waals surface area (Å²) in [6.07, 6.45) is 1.08. The van der Waals surface area contributed by atoms with Crippen LogP contribution in [0.3, 0.4) is 0 Å². The Morgan fingerprint density at radius 2 is 1.95 bits per heavy atom. The van der Waals surface area contributed by atoms with Crippen LogP contribution < -0.4 is 0 Å². The molecule has 2 saturated heterocycles. The molecule has 2 heterocycles. The van der Waals surface area contributed by atoms with E-state index < -0.39 is 0 Å². The standard InChI is InChI=1S/C16H22N2O2/c1-13-4-2-3-5-15(13)16(19)18-7-6-14(12-18)17-8-10-20-11-9-17/h2-5,14H,6-12H2,1H3. The van der Waals surface area contributed by atoms with Crippen LogP contribution in [0.5, 0.6) is 0 Å². The first-order valence-corrected chi connectivity index (χ1v) is 7.42. The second-order valence-electron chi connectivity index (χ2n) is 5.66. The topological polar surface area (TPSA) is 32.8 Å². The summed E-state index contributed by atoms with van der Waals surface area (Å²) in [6.45, 7) is 7.36. The van der Waals surface area contributed by atoms with Crippen molar-refractivity contribution in [3.63, 3.8) is 0 Å². The Hall–Kier alpha value is -1.39. The van der Waals surface area contributed by atoms with E-state index in [-0.39, 0.29) is 5.91 Å². The first-order chi connectivity index (χ1) is 9.75. The summed E-state index contributed by atoms with van der Waals surface area (Å²) in [4.78, 5) is 17.0. The van der Waals surface area contributed by atoms with E-state index in [4.69, 9.17) is 4.74 Å². The smallest absolute Gasteiger partial charge is 0.254 e. The number of nitrogens with zero attached hydrogens (tertiary/aromatic N) is 2. The minimum absolute atomic E-state index is 0.179. The molecule has 1 unspecified atom stereocenters. The van der Waals surface area contributed by atoms with Crippen molar-refractivity contribution in [3.05, 3.63) is 35.4 Å². The number of amides is 1. The van der Waals surface area contributed by atoms with E-state index in [9.17, 15) is 4.79 Å². The maximum Gasteiger partial charge on any atom is 0.254 e.